The lowest BCUT2D eigenvalue weighted by Gasteiger charge is -2.26. The second-order valence-electron chi connectivity index (χ2n) is 4.62. The first-order valence-corrected chi connectivity index (χ1v) is 6.71. The number of methoxy groups -OCH3 is 1. The maximum Gasteiger partial charge on any atom is 0.287 e. The van der Waals surface area contributed by atoms with Crippen LogP contribution in [0.5, 0.6) is 0 Å². The number of hydrogen-bond acceptors (Lipinski definition) is 5. The molecule has 1 aliphatic rings. The normalized spacial score (nSPS) is 18.8. The molecule has 1 N–H and O–H groups in total. The molecule has 2 heterocycles. The molecule has 0 saturated carbocycles. The SMILES string of the molecule is COCCn1ncc(N(C)C2CCNC2)c(Cl)c1=O. The molecular formula is C12H19ClN4O2. The molecule has 2 rings (SSSR count). The van der Waals surface area contributed by atoms with Gasteiger partial charge in [0, 0.05) is 26.7 Å². The second-order valence-corrected chi connectivity index (χ2v) is 5.00. The van der Waals surface area contributed by atoms with E-state index >= 15 is 0 Å². The van der Waals surface area contributed by atoms with Gasteiger partial charge in [0.2, 0.25) is 0 Å². The molecule has 7 heteroatoms. The fourth-order valence-electron chi connectivity index (χ4n) is 2.21. The van der Waals surface area contributed by atoms with E-state index in [0.717, 1.165) is 19.5 Å². The molecule has 1 saturated heterocycles. The van der Waals surface area contributed by atoms with Crippen molar-refractivity contribution in [1.29, 1.82) is 0 Å². The zero-order chi connectivity index (χ0) is 13.8. The van der Waals surface area contributed by atoms with Gasteiger partial charge in [0.1, 0.15) is 5.02 Å². The number of ether oxygens (including phenoxy) is 1. The summed E-state index contributed by atoms with van der Waals surface area (Å²) in [7, 11) is 3.53. The van der Waals surface area contributed by atoms with Crippen molar-refractivity contribution in [3.05, 3.63) is 21.6 Å². The molecule has 0 aliphatic carbocycles. The summed E-state index contributed by atoms with van der Waals surface area (Å²) >= 11 is 6.17. The van der Waals surface area contributed by atoms with Crippen LogP contribution in [0.2, 0.25) is 5.02 Å². The van der Waals surface area contributed by atoms with Crippen LogP contribution in [0.25, 0.3) is 0 Å². The summed E-state index contributed by atoms with van der Waals surface area (Å²) in [5.74, 6) is 0. The van der Waals surface area contributed by atoms with E-state index in [1.807, 2.05) is 11.9 Å². The lowest BCUT2D eigenvalue weighted by Crippen LogP contribution is -2.36. The smallest absolute Gasteiger partial charge is 0.287 e. The number of aromatic nitrogens is 2. The summed E-state index contributed by atoms with van der Waals surface area (Å²) in [4.78, 5) is 14.1. The molecule has 6 nitrogen and oxygen atoms in total. The fraction of sp³-hybridized carbons (Fsp3) is 0.667. The van der Waals surface area contributed by atoms with E-state index in [2.05, 4.69) is 10.4 Å². The summed E-state index contributed by atoms with van der Waals surface area (Å²) in [5.41, 5.74) is 0.419. The molecule has 1 aliphatic heterocycles. The van der Waals surface area contributed by atoms with Crippen LogP contribution in [0.3, 0.4) is 0 Å². The van der Waals surface area contributed by atoms with Crippen molar-refractivity contribution >= 4 is 17.3 Å². The number of hydrogen-bond donors (Lipinski definition) is 1. The van der Waals surface area contributed by atoms with Gasteiger partial charge in [0.15, 0.2) is 0 Å². The van der Waals surface area contributed by atoms with Crippen LogP contribution in [0, 0.1) is 0 Å². The zero-order valence-electron chi connectivity index (χ0n) is 11.2. The third-order valence-corrected chi connectivity index (χ3v) is 3.79. The van der Waals surface area contributed by atoms with Gasteiger partial charge in [-0.1, -0.05) is 11.6 Å². The molecule has 0 spiro atoms. The molecule has 19 heavy (non-hydrogen) atoms. The number of halogens is 1. The second kappa shape index (κ2) is 6.36. The first-order valence-electron chi connectivity index (χ1n) is 6.33. The van der Waals surface area contributed by atoms with Crippen molar-refractivity contribution in [2.24, 2.45) is 0 Å². The molecule has 106 valence electrons. The molecule has 1 fully saturated rings. The van der Waals surface area contributed by atoms with Crippen molar-refractivity contribution in [3.8, 4) is 0 Å². The van der Waals surface area contributed by atoms with Crippen molar-refractivity contribution in [2.45, 2.75) is 19.0 Å². The lowest BCUT2D eigenvalue weighted by molar-refractivity contribution is 0.182. The van der Waals surface area contributed by atoms with Gasteiger partial charge in [-0.25, -0.2) is 4.68 Å². The topological polar surface area (TPSA) is 59.4 Å². The maximum absolute atomic E-state index is 12.1. The Morgan fingerprint density at radius 3 is 3.11 bits per heavy atom. The van der Waals surface area contributed by atoms with E-state index in [4.69, 9.17) is 16.3 Å². The van der Waals surface area contributed by atoms with Gasteiger partial charge in [-0.05, 0) is 13.0 Å². The number of likely N-dealkylation sites (N-methyl/N-ethyl adjacent to an activating group) is 1. The fourth-order valence-corrected chi connectivity index (χ4v) is 2.49. The summed E-state index contributed by atoms with van der Waals surface area (Å²) < 4.78 is 6.27. The quantitative estimate of drug-likeness (QED) is 0.846. The predicted molar refractivity (Wildman–Crippen MR) is 75.1 cm³/mol. The van der Waals surface area contributed by atoms with E-state index < -0.39 is 0 Å². The lowest BCUT2D eigenvalue weighted by atomic mass is 10.2. The first-order chi connectivity index (χ1) is 9.15. The Labute approximate surface area is 117 Å². The van der Waals surface area contributed by atoms with Crippen LogP contribution in [-0.4, -0.2) is 49.7 Å². The third kappa shape index (κ3) is 3.08. The Kier molecular flexibility index (Phi) is 4.79. The van der Waals surface area contributed by atoms with Gasteiger partial charge >= 0.3 is 0 Å². The van der Waals surface area contributed by atoms with Gasteiger partial charge < -0.3 is 15.0 Å². The highest BCUT2D eigenvalue weighted by atomic mass is 35.5. The van der Waals surface area contributed by atoms with E-state index in [9.17, 15) is 4.79 Å². The minimum absolute atomic E-state index is 0.223. The van der Waals surface area contributed by atoms with E-state index in [1.165, 1.54) is 4.68 Å². The molecule has 1 unspecified atom stereocenters. The Morgan fingerprint density at radius 1 is 1.68 bits per heavy atom. The molecule has 0 aromatic carbocycles. The standard InChI is InChI=1S/C12H19ClN4O2/c1-16(9-3-4-14-7-9)10-8-15-17(5-6-19-2)12(18)11(10)13/h8-9,14H,3-7H2,1-2H3. The van der Waals surface area contributed by atoms with Crippen LogP contribution in [0.15, 0.2) is 11.0 Å². The molecule has 0 amide bonds. The summed E-state index contributed by atoms with van der Waals surface area (Å²) in [5, 5.41) is 7.66. The Bertz CT molecular complexity index is 485. The predicted octanol–water partition coefficient (Wildman–Crippen LogP) is 0.341. The van der Waals surface area contributed by atoms with E-state index in [0.29, 0.717) is 24.9 Å². The average molecular weight is 287 g/mol. The highest BCUT2D eigenvalue weighted by Crippen LogP contribution is 2.23. The summed E-state index contributed by atoms with van der Waals surface area (Å²) in [6.45, 7) is 2.74. The van der Waals surface area contributed by atoms with Crippen LogP contribution >= 0.6 is 11.6 Å². The highest BCUT2D eigenvalue weighted by Gasteiger charge is 2.22. The van der Waals surface area contributed by atoms with Crippen LogP contribution in [-0.2, 0) is 11.3 Å². The number of rotatable bonds is 5. The average Bonchev–Trinajstić information content (AvgIpc) is 2.94. The molecule has 0 bridgehead atoms. The summed E-state index contributed by atoms with van der Waals surface area (Å²) in [6.07, 6.45) is 2.69. The Hall–Kier alpha value is -1.11. The van der Waals surface area contributed by atoms with Crippen molar-refractivity contribution in [3.63, 3.8) is 0 Å². The Balaban J connectivity index is 2.22. The summed E-state index contributed by atoms with van der Waals surface area (Å²) in [6, 6.07) is 0.355. The number of nitrogens with one attached hydrogen (secondary N) is 1. The van der Waals surface area contributed by atoms with Gasteiger partial charge in [0.25, 0.3) is 5.56 Å². The molecule has 0 radical (unpaired) electrons. The van der Waals surface area contributed by atoms with Gasteiger partial charge in [-0.15, -0.1) is 0 Å². The van der Waals surface area contributed by atoms with Crippen molar-refractivity contribution < 1.29 is 4.74 Å². The van der Waals surface area contributed by atoms with Crippen molar-refractivity contribution in [1.82, 2.24) is 15.1 Å². The van der Waals surface area contributed by atoms with Crippen molar-refractivity contribution in [2.75, 3.05) is 38.8 Å². The maximum atomic E-state index is 12.1. The largest absolute Gasteiger partial charge is 0.383 e. The van der Waals surface area contributed by atoms with Gasteiger partial charge in [0.05, 0.1) is 25.0 Å². The third-order valence-electron chi connectivity index (χ3n) is 3.44. The van der Waals surface area contributed by atoms with Crippen LogP contribution in [0.1, 0.15) is 6.42 Å². The monoisotopic (exact) mass is 286 g/mol. The molecule has 1 atom stereocenters. The number of nitrogens with zero attached hydrogens (tertiary/aromatic N) is 3. The van der Waals surface area contributed by atoms with Crippen LogP contribution in [0.4, 0.5) is 5.69 Å². The minimum atomic E-state index is -0.269. The van der Waals surface area contributed by atoms with Gasteiger partial charge in [-0.3, -0.25) is 4.79 Å². The van der Waals surface area contributed by atoms with E-state index in [1.54, 1.807) is 13.3 Å². The highest BCUT2D eigenvalue weighted by molar-refractivity contribution is 6.33. The first kappa shape index (κ1) is 14.3. The van der Waals surface area contributed by atoms with Crippen LogP contribution < -0.4 is 15.8 Å². The number of anilines is 1. The van der Waals surface area contributed by atoms with E-state index in [-0.39, 0.29) is 10.6 Å². The minimum Gasteiger partial charge on any atom is -0.383 e. The molecular weight excluding hydrogens is 268 g/mol. The molecule has 1 aromatic rings. The van der Waals surface area contributed by atoms with Gasteiger partial charge in [-0.2, -0.15) is 5.10 Å². The molecule has 1 aromatic heterocycles. The zero-order valence-corrected chi connectivity index (χ0v) is 12.0. The Morgan fingerprint density at radius 2 is 2.47 bits per heavy atom.